The summed E-state index contributed by atoms with van der Waals surface area (Å²) >= 11 is 1.66. The van der Waals surface area contributed by atoms with Crippen molar-refractivity contribution in [2.45, 2.75) is 12.2 Å². The van der Waals surface area contributed by atoms with E-state index in [9.17, 15) is 0 Å². The number of hydrogen-bond acceptors (Lipinski definition) is 6. The van der Waals surface area contributed by atoms with Crippen LogP contribution in [0.25, 0.3) is 32.0 Å². The number of benzene rings is 2. The lowest BCUT2D eigenvalue weighted by Gasteiger charge is -2.39. The third-order valence-corrected chi connectivity index (χ3v) is 7.26. The average molecular weight is 453 g/mol. The van der Waals surface area contributed by atoms with Crippen molar-refractivity contribution in [2.75, 3.05) is 18.0 Å². The maximum atomic E-state index is 6.79. The highest BCUT2D eigenvalue weighted by Crippen LogP contribution is 2.38. The van der Waals surface area contributed by atoms with Crippen LogP contribution >= 0.6 is 11.3 Å². The highest BCUT2D eigenvalue weighted by Gasteiger charge is 2.33. The Hall–Kier alpha value is -3.75. The molecular weight excluding hydrogens is 432 g/mol. The van der Waals surface area contributed by atoms with Gasteiger partial charge in [0.1, 0.15) is 12.2 Å². The van der Waals surface area contributed by atoms with Crippen LogP contribution in [0.2, 0.25) is 0 Å². The van der Waals surface area contributed by atoms with Gasteiger partial charge in [0.2, 0.25) is 5.95 Å². The van der Waals surface area contributed by atoms with Gasteiger partial charge in [-0.25, -0.2) is 9.97 Å². The van der Waals surface area contributed by atoms with E-state index in [2.05, 4.69) is 55.8 Å². The fourth-order valence-electron chi connectivity index (χ4n) is 4.84. The van der Waals surface area contributed by atoms with Gasteiger partial charge < -0.3 is 14.6 Å². The molecule has 1 saturated heterocycles. The summed E-state index contributed by atoms with van der Waals surface area (Å²) in [6.07, 6.45) is 5.49. The number of ether oxygens (including phenoxy) is 1. The third-order valence-electron chi connectivity index (χ3n) is 6.42. The van der Waals surface area contributed by atoms with E-state index in [1.54, 1.807) is 11.3 Å². The molecule has 2 unspecified atom stereocenters. The Morgan fingerprint density at radius 3 is 2.61 bits per heavy atom. The highest BCUT2D eigenvalue weighted by molar-refractivity contribution is 7.17. The number of rotatable bonds is 3. The molecule has 7 rings (SSSR count). The fourth-order valence-corrected chi connectivity index (χ4v) is 5.53. The minimum Gasteiger partial charge on any atom is -0.362 e. The van der Waals surface area contributed by atoms with Gasteiger partial charge in [-0.05, 0) is 40.8 Å². The van der Waals surface area contributed by atoms with Crippen molar-refractivity contribution in [3.8, 4) is 0 Å². The Balaban J connectivity index is 1.35. The van der Waals surface area contributed by atoms with Crippen LogP contribution in [0.4, 0.5) is 5.95 Å². The molecule has 0 saturated carbocycles. The maximum Gasteiger partial charge on any atom is 0.226 e. The summed E-state index contributed by atoms with van der Waals surface area (Å²) in [7, 11) is 0. The number of nitrogens with one attached hydrogen (secondary N) is 2. The summed E-state index contributed by atoms with van der Waals surface area (Å²) in [6, 6.07) is 16.7. The second kappa shape index (κ2) is 7.40. The lowest BCUT2D eigenvalue weighted by Crippen LogP contribution is -2.41. The monoisotopic (exact) mass is 452 g/mol. The molecule has 0 bridgehead atoms. The lowest BCUT2D eigenvalue weighted by atomic mass is 9.99. The summed E-state index contributed by atoms with van der Waals surface area (Å²) in [5, 5.41) is 11.6. The van der Waals surface area contributed by atoms with Gasteiger partial charge in [-0.15, -0.1) is 11.3 Å². The molecule has 0 aliphatic carbocycles. The Morgan fingerprint density at radius 1 is 0.909 bits per heavy atom. The zero-order valence-corrected chi connectivity index (χ0v) is 18.4. The van der Waals surface area contributed by atoms with Gasteiger partial charge >= 0.3 is 0 Å². The Labute approximate surface area is 193 Å². The number of H-pyrrole nitrogens is 2. The standard InChI is InChI=1S/C25H20N6OS/c1-3-16(15-7-9-26-19(15)5-1)22-13-31(25-27-12-24-21(29-25)8-10-33-24)14-23(32-22)17-4-2-6-20-18(17)11-28-30-20/h1-12,22-23,26H,13-14H2,(H,28,30). The molecule has 2 atom stereocenters. The summed E-state index contributed by atoms with van der Waals surface area (Å²) in [5.41, 5.74) is 5.38. The number of aromatic nitrogens is 5. The van der Waals surface area contributed by atoms with Crippen molar-refractivity contribution in [3.63, 3.8) is 0 Å². The van der Waals surface area contributed by atoms with Crippen LogP contribution in [0, 0.1) is 0 Å². The van der Waals surface area contributed by atoms with E-state index in [0.717, 1.165) is 38.1 Å². The zero-order valence-electron chi connectivity index (χ0n) is 17.6. The number of morpholine rings is 1. The minimum atomic E-state index is -0.152. The third kappa shape index (κ3) is 3.10. The summed E-state index contributed by atoms with van der Waals surface area (Å²) in [5.74, 6) is 0.736. The smallest absolute Gasteiger partial charge is 0.226 e. The number of fused-ring (bicyclic) bond motifs is 3. The Bertz CT molecular complexity index is 1520. The molecule has 2 aromatic carbocycles. The summed E-state index contributed by atoms with van der Waals surface area (Å²) < 4.78 is 7.88. The molecule has 0 spiro atoms. The van der Waals surface area contributed by atoms with Crippen molar-refractivity contribution < 1.29 is 4.74 Å². The van der Waals surface area contributed by atoms with Gasteiger partial charge in [0.15, 0.2) is 0 Å². The van der Waals surface area contributed by atoms with Crippen LogP contribution < -0.4 is 4.90 Å². The molecule has 0 radical (unpaired) electrons. The molecular formula is C25H20N6OS. The number of thiophene rings is 1. The zero-order chi connectivity index (χ0) is 21.8. The molecule has 1 aliphatic heterocycles. The van der Waals surface area contributed by atoms with Gasteiger partial charge in [0.25, 0.3) is 0 Å². The first-order valence-corrected chi connectivity index (χ1v) is 11.8. The number of nitrogens with zero attached hydrogens (tertiary/aromatic N) is 4. The van der Waals surface area contributed by atoms with Crippen LogP contribution in [-0.2, 0) is 4.74 Å². The van der Waals surface area contributed by atoms with E-state index in [1.807, 2.05) is 36.8 Å². The Kier molecular flexibility index (Phi) is 4.21. The quantitative estimate of drug-likeness (QED) is 0.377. The minimum absolute atomic E-state index is 0.132. The Morgan fingerprint density at radius 2 is 1.73 bits per heavy atom. The molecule has 5 heterocycles. The molecule has 6 aromatic rings. The van der Waals surface area contributed by atoms with Crippen molar-refractivity contribution in [2.24, 2.45) is 0 Å². The second-order valence-electron chi connectivity index (χ2n) is 8.32. The number of hydrogen-bond donors (Lipinski definition) is 2. The number of anilines is 1. The van der Waals surface area contributed by atoms with Crippen molar-refractivity contribution in [3.05, 3.63) is 83.6 Å². The van der Waals surface area contributed by atoms with Crippen LogP contribution in [0.3, 0.4) is 0 Å². The summed E-state index contributed by atoms with van der Waals surface area (Å²) in [6.45, 7) is 1.34. The normalized spacial score (nSPS) is 19.1. The van der Waals surface area contributed by atoms with E-state index in [-0.39, 0.29) is 12.2 Å². The molecule has 1 fully saturated rings. The van der Waals surface area contributed by atoms with E-state index in [0.29, 0.717) is 13.1 Å². The van der Waals surface area contributed by atoms with E-state index in [1.165, 1.54) is 10.9 Å². The maximum absolute atomic E-state index is 6.79. The molecule has 7 nitrogen and oxygen atoms in total. The van der Waals surface area contributed by atoms with Gasteiger partial charge in [-0.2, -0.15) is 5.10 Å². The van der Waals surface area contributed by atoms with E-state index < -0.39 is 0 Å². The molecule has 8 heteroatoms. The molecule has 1 aliphatic rings. The van der Waals surface area contributed by atoms with E-state index in [4.69, 9.17) is 14.7 Å². The average Bonchev–Trinajstić information content (AvgIpc) is 3.62. The van der Waals surface area contributed by atoms with Crippen molar-refractivity contribution >= 4 is 49.3 Å². The molecule has 162 valence electrons. The van der Waals surface area contributed by atoms with Gasteiger partial charge in [-0.1, -0.05) is 24.3 Å². The van der Waals surface area contributed by atoms with Crippen molar-refractivity contribution in [1.82, 2.24) is 25.1 Å². The predicted octanol–water partition coefficient (Wildman–Crippen LogP) is 5.37. The first-order chi connectivity index (χ1) is 16.3. The lowest BCUT2D eigenvalue weighted by molar-refractivity contribution is -0.0283. The second-order valence-corrected chi connectivity index (χ2v) is 9.27. The van der Waals surface area contributed by atoms with E-state index >= 15 is 0 Å². The SMILES string of the molecule is c1cc(C2CN(c3ncc4sccc4n3)CC(c3cccc4[nH]ncc34)O2)c2cc[nH]c2c1. The number of aromatic amines is 2. The highest BCUT2D eigenvalue weighted by atomic mass is 32.1. The molecule has 33 heavy (non-hydrogen) atoms. The predicted molar refractivity (Wildman–Crippen MR) is 131 cm³/mol. The van der Waals surface area contributed by atoms with Crippen LogP contribution in [0.1, 0.15) is 23.3 Å². The van der Waals surface area contributed by atoms with Gasteiger partial charge in [0, 0.05) is 22.5 Å². The largest absolute Gasteiger partial charge is 0.362 e. The first-order valence-electron chi connectivity index (χ1n) is 10.9. The van der Waals surface area contributed by atoms with Crippen molar-refractivity contribution in [1.29, 1.82) is 0 Å². The molecule has 0 amide bonds. The van der Waals surface area contributed by atoms with Gasteiger partial charge in [-0.3, -0.25) is 5.10 Å². The molecule has 4 aromatic heterocycles. The van der Waals surface area contributed by atoms with Gasteiger partial charge in [0.05, 0.1) is 41.2 Å². The van der Waals surface area contributed by atoms with Crippen LogP contribution in [0.15, 0.2) is 72.5 Å². The molecule has 2 N–H and O–H groups in total. The van der Waals surface area contributed by atoms with Crippen LogP contribution in [-0.4, -0.2) is 38.2 Å². The topological polar surface area (TPSA) is 82.7 Å². The first kappa shape index (κ1) is 18.8. The van der Waals surface area contributed by atoms with Crippen LogP contribution in [0.5, 0.6) is 0 Å². The summed E-state index contributed by atoms with van der Waals surface area (Å²) in [4.78, 5) is 15.1. The fraction of sp³-hybridized carbons (Fsp3) is 0.160.